The average Bonchev–Trinajstić information content (AvgIpc) is 3.23. The van der Waals surface area contributed by atoms with Crippen LogP contribution >= 0.6 is 0 Å². The lowest BCUT2D eigenvalue weighted by molar-refractivity contribution is 0.0734. The Morgan fingerprint density at radius 1 is 1.15 bits per heavy atom. The first-order chi connectivity index (χ1) is 16.2. The number of pyridine rings is 1. The lowest BCUT2D eigenvalue weighted by Gasteiger charge is -2.30. The molecule has 174 valence electrons. The Morgan fingerprint density at radius 2 is 2.03 bits per heavy atom. The summed E-state index contributed by atoms with van der Waals surface area (Å²) in [7, 11) is 1.63. The van der Waals surface area contributed by atoms with Gasteiger partial charge in [0.2, 0.25) is 0 Å². The molecule has 1 unspecified atom stereocenters. The number of ether oxygens (including phenoxy) is 2. The highest BCUT2D eigenvalue weighted by Crippen LogP contribution is 2.29. The number of rotatable bonds is 5. The van der Waals surface area contributed by atoms with Crippen molar-refractivity contribution >= 4 is 17.1 Å². The van der Waals surface area contributed by atoms with Crippen LogP contribution in [0.4, 0.5) is 5.69 Å². The molecule has 2 fully saturated rings. The third-order valence-corrected chi connectivity index (χ3v) is 6.79. The highest BCUT2D eigenvalue weighted by molar-refractivity contribution is 5.98. The fourth-order valence-corrected chi connectivity index (χ4v) is 5.07. The monoisotopic (exact) mass is 448 g/mol. The van der Waals surface area contributed by atoms with E-state index in [-0.39, 0.29) is 11.8 Å². The van der Waals surface area contributed by atoms with E-state index in [1.165, 1.54) is 24.8 Å². The van der Waals surface area contributed by atoms with Crippen molar-refractivity contribution < 1.29 is 14.3 Å². The van der Waals surface area contributed by atoms with Crippen LogP contribution < -0.4 is 9.64 Å². The molecule has 0 saturated carbocycles. The molecule has 0 N–H and O–H groups in total. The number of benzene rings is 1. The summed E-state index contributed by atoms with van der Waals surface area (Å²) in [6, 6.07) is 12.2. The Labute approximate surface area is 194 Å². The van der Waals surface area contributed by atoms with Gasteiger partial charge in [-0.2, -0.15) is 5.10 Å². The molecule has 7 nitrogen and oxygen atoms in total. The van der Waals surface area contributed by atoms with Crippen LogP contribution in [0.5, 0.6) is 5.75 Å². The van der Waals surface area contributed by atoms with Gasteiger partial charge in [-0.1, -0.05) is 6.07 Å². The minimum atomic E-state index is 0.0174. The van der Waals surface area contributed by atoms with Crippen molar-refractivity contribution in [2.45, 2.75) is 25.7 Å². The number of amides is 1. The number of nitrogens with zero attached hydrogens (tertiary/aromatic N) is 4. The molecule has 4 heterocycles. The zero-order chi connectivity index (χ0) is 22.6. The minimum absolute atomic E-state index is 0.0174. The topological polar surface area (TPSA) is 59.3 Å². The van der Waals surface area contributed by atoms with Gasteiger partial charge in [0.1, 0.15) is 5.75 Å². The number of hydrogen-bond acceptors (Lipinski definition) is 5. The van der Waals surface area contributed by atoms with Gasteiger partial charge in [0, 0.05) is 50.2 Å². The highest BCUT2D eigenvalue weighted by atomic mass is 16.5. The number of carbonyl (C=O) groups is 1. The largest absolute Gasteiger partial charge is 0.496 e. The minimum Gasteiger partial charge on any atom is -0.496 e. The predicted octanol–water partition coefficient (Wildman–Crippen LogP) is 3.66. The van der Waals surface area contributed by atoms with Gasteiger partial charge >= 0.3 is 0 Å². The van der Waals surface area contributed by atoms with Crippen LogP contribution in [0.1, 0.15) is 35.2 Å². The van der Waals surface area contributed by atoms with Gasteiger partial charge in [0.15, 0.2) is 0 Å². The van der Waals surface area contributed by atoms with Crippen molar-refractivity contribution in [1.82, 2.24) is 14.5 Å². The molecule has 7 heteroatoms. The predicted molar refractivity (Wildman–Crippen MR) is 128 cm³/mol. The van der Waals surface area contributed by atoms with Crippen molar-refractivity contribution in [2.24, 2.45) is 5.92 Å². The van der Waals surface area contributed by atoms with E-state index < -0.39 is 0 Å². The maximum absolute atomic E-state index is 13.7. The third kappa shape index (κ3) is 4.69. The van der Waals surface area contributed by atoms with Gasteiger partial charge in [-0.05, 0) is 61.6 Å². The summed E-state index contributed by atoms with van der Waals surface area (Å²) < 4.78 is 13.4. The summed E-state index contributed by atoms with van der Waals surface area (Å²) in [5.41, 5.74) is 4.08. The Hall–Kier alpha value is -3.06. The molecule has 2 saturated heterocycles. The molecule has 2 aromatic heterocycles. The first kappa shape index (κ1) is 21.8. The number of aromatic nitrogens is 2. The third-order valence-electron chi connectivity index (χ3n) is 6.79. The van der Waals surface area contributed by atoms with Gasteiger partial charge in [-0.25, -0.2) is 4.52 Å². The lowest BCUT2D eigenvalue weighted by Crippen LogP contribution is -2.37. The second-order valence-electron chi connectivity index (χ2n) is 9.02. The lowest BCUT2D eigenvalue weighted by atomic mass is 9.99. The number of fused-ring (bicyclic) bond motifs is 1. The molecule has 0 spiro atoms. The van der Waals surface area contributed by atoms with E-state index >= 15 is 0 Å². The van der Waals surface area contributed by atoms with E-state index in [1.807, 2.05) is 46.1 Å². The summed E-state index contributed by atoms with van der Waals surface area (Å²) in [5.74, 6) is 0.865. The molecule has 3 aromatic rings. The molecule has 0 bridgehead atoms. The van der Waals surface area contributed by atoms with Crippen molar-refractivity contribution in [1.29, 1.82) is 0 Å². The normalized spacial score (nSPS) is 19.5. The molecule has 1 atom stereocenters. The van der Waals surface area contributed by atoms with Gasteiger partial charge in [-0.3, -0.25) is 4.79 Å². The maximum Gasteiger partial charge on any atom is 0.257 e. The molecule has 33 heavy (non-hydrogen) atoms. The van der Waals surface area contributed by atoms with Gasteiger partial charge in [-0.15, -0.1) is 0 Å². The average molecular weight is 449 g/mol. The fraction of sp³-hybridized carbons (Fsp3) is 0.462. The molecular weight excluding hydrogens is 416 g/mol. The second kappa shape index (κ2) is 9.83. The van der Waals surface area contributed by atoms with Crippen LogP contribution in [0.15, 0.2) is 48.8 Å². The summed E-state index contributed by atoms with van der Waals surface area (Å²) in [6.07, 6.45) is 8.29. The number of carbonyl (C=O) groups excluding carboxylic acids is 1. The van der Waals surface area contributed by atoms with Crippen LogP contribution in [0.2, 0.25) is 0 Å². The number of hydrogen-bond donors (Lipinski definition) is 0. The Balaban J connectivity index is 1.36. The Bertz CT molecular complexity index is 1110. The van der Waals surface area contributed by atoms with Crippen molar-refractivity contribution in [2.75, 3.05) is 51.4 Å². The van der Waals surface area contributed by atoms with E-state index in [4.69, 9.17) is 9.47 Å². The van der Waals surface area contributed by atoms with Crippen LogP contribution in [0.3, 0.4) is 0 Å². The Kier molecular flexibility index (Phi) is 6.48. The quantitative estimate of drug-likeness (QED) is 0.596. The van der Waals surface area contributed by atoms with Crippen molar-refractivity contribution in [3.05, 3.63) is 59.9 Å². The van der Waals surface area contributed by atoms with Gasteiger partial charge < -0.3 is 19.3 Å². The molecule has 1 aromatic carbocycles. The maximum atomic E-state index is 13.7. The first-order valence-corrected chi connectivity index (χ1v) is 11.9. The molecule has 2 aliphatic rings. The number of anilines is 1. The summed E-state index contributed by atoms with van der Waals surface area (Å²) >= 11 is 0. The van der Waals surface area contributed by atoms with Crippen molar-refractivity contribution in [3.8, 4) is 5.75 Å². The molecule has 0 radical (unpaired) electrons. The fourth-order valence-electron chi connectivity index (χ4n) is 5.07. The van der Waals surface area contributed by atoms with E-state index in [2.05, 4.69) is 22.1 Å². The number of methoxy groups -OCH3 is 1. The second-order valence-corrected chi connectivity index (χ2v) is 9.02. The van der Waals surface area contributed by atoms with E-state index in [9.17, 15) is 4.79 Å². The van der Waals surface area contributed by atoms with E-state index in [0.717, 1.165) is 30.7 Å². The van der Waals surface area contributed by atoms with Crippen molar-refractivity contribution in [3.63, 3.8) is 0 Å². The van der Waals surface area contributed by atoms with Gasteiger partial charge in [0.25, 0.3) is 5.91 Å². The number of piperidine rings is 1. The first-order valence-electron chi connectivity index (χ1n) is 11.9. The standard InChI is InChI=1S/C26H32N4O3/c1-32-25-8-7-22(28-11-3-2-4-12-28)17-23(25)26(31)29-14-15-33-19-20(18-29)16-21-6-5-13-30-24(21)9-10-27-30/h5-10,13,17,20H,2-4,11-12,14-16,18-19H2,1H3. The van der Waals surface area contributed by atoms with Crippen LogP contribution in [0, 0.1) is 5.92 Å². The summed E-state index contributed by atoms with van der Waals surface area (Å²) in [4.78, 5) is 18.0. The van der Waals surface area contributed by atoms with Crippen LogP contribution in [-0.4, -0.2) is 66.9 Å². The summed E-state index contributed by atoms with van der Waals surface area (Å²) in [6.45, 7) is 4.52. The smallest absolute Gasteiger partial charge is 0.257 e. The van der Waals surface area contributed by atoms with Gasteiger partial charge in [0.05, 0.1) is 31.4 Å². The molecule has 1 amide bonds. The van der Waals surface area contributed by atoms with E-state index in [1.54, 1.807) is 7.11 Å². The molecule has 2 aliphatic heterocycles. The summed E-state index contributed by atoms with van der Waals surface area (Å²) in [5, 5.41) is 4.34. The zero-order valence-corrected chi connectivity index (χ0v) is 19.3. The molecule has 5 rings (SSSR count). The zero-order valence-electron chi connectivity index (χ0n) is 19.3. The Morgan fingerprint density at radius 3 is 2.88 bits per heavy atom. The SMILES string of the molecule is COc1ccc(N2CCCCC2)cc1C(=O)N1CCOCC(Cc2cccn3nccc23)C1. The molecule has 0 aliphatic carbocycles. The van der Waals surface area contributed by atoms with Crippen LogP contribution in [0.25, 0.3) is 5.52 Å². The van der Waals surface area contributed by atoms with Crippen LogP contribution in [-0.2, 0) is 11.2 Å². The highest BCUT2D eigenvalue weighted by Gasteiger charge is 2.27. The van der Waals surface area contributed by atoms with E-state index in [0.29, 0.717) is 37.6 Å². The molecular formula is C26H32N4O3.